The first-order chi connectivity index (χ1) is 8.06. The highest BCUT2D eigenvalue weighted by atomic mass is 16.4. The van der Waals surface area contributed by atoms with Crippen LogP contribution in [0.5, 0.6) is 0 Å². The van der Waals surface area contributed by atoms with Crippen molar-refractivity contribution >= 4 is 23.3 Å². The predicted octanol–water partition coefficient (Wildman–Crippen LogP) is 1.09. The molecule has 2 N–H and O–H groups in total. The van der Waals surface area contributed by atoms with Crippen molar-refractivity contribution in [3.05, 3.63) is 23.8 Å². The van der Waals surface area contributed by atoms with E-state index in [1.165, 1.54) is 0 Å². The fourth-order valence-corrected chi connectivity index (χ4v) is 1.90. The topological polar surface area (TPSA) is 69.6 Å². The summed E-state index contributed by atoms with van der Waals surface area (Å²) in [6.45, 7) is 0.329. The molecule has 1 heterocycles. The molecule has 0 fully saturated rings. The lowest BCUT2D eigenvalue weighted by molar-refractivity contribution is -0.137. The van der Waals surface area contributed by atoms with E-state index in [9.17, 15) is 9.59 Å². The second-order valence-electron chi connectivity index (χ2n) is 4.15. The average Bonchev–Trinajstić information content (AvgIpc) is 2.26. The molecule has 90 valence electrons. The number of hydrogen-bond acceptors (Lipinski definition) is 3. The van der Waals surface area contributed by atoms with Gasteiger partial charge < -0.3 is 15.3 Å². The standard InChI is InChI=1S/C12H14N2O3/c1-14-7-11(15)13-9-4-2-8(6-10(9)14)3-5-12(16)17/h2,4,6H,3,5,7H2,1H3,(H,13,15)(H,16,17). The van der Waals surface area contributed by atoms with E-state index >= 15 is 0 Å². The number of rotatable bonds is 3. The molecule has 0 aromatic heterocycles. The first kappa shape index (κ1) is 11.4. The summed E-state index contributed by atoms with van der Waals surface area (Å²) < 4.78 is 0. The van der Waals surface area contributed by atoms with Crippen LogP contribution in [0.1, 0.15) is 12.0 Å². The third kappa shape index (κ3) is 2.55. The van der Waals surface area contributed by atoms with Gasteiger partial charge in [-0.25, -0.2) is 0 Å². The van der Waals surface area contributed by atoms with Gasteiger partial charge in [0.05, 0.1) is 17.9 Å². The third-order valence-corrected chi connectivity index (χ3v) is 2.76. The van der Waals surface area contributed by atoms with Crippen LogP contribution in [0.2, 0.25) is 0 Å². The molecule has 1 aliphatic rings. The minimum atomic E-state index is -0.802. The largest absolute Gasteiger partial charge is 0.481 e. The van der Waals surface area contributed by atoms with Crippen molar-refractivity contribution in [2.75, 3.05) is 23.8 Å². The number of nitrogens with one attached hydrogen (secondary N) is 1. The van der Waals surface area contributed by atoms with Crippen molar-refractivity contribution in [2.45, 2.75) is 12.8 Å². The Balaban J connectivity index is 2.21. The van der Waals surface area contributed by atoms with Crippen LogP contribution in [0.25, 0.3) is 0 Å². The molecule has 1 amide bonds. The van der Waals surface area contributed by atoms with Crippen molar-refractivity contribution in [1.82, 2.24) is 0 Å². The first-order valence-corrected chi connectivity index (χ1v) is 5.42. The highest BCUT2D eigenvalue weighted by Crippen LogP contribution is 2.29. The lowest BCUT2D eigenvalue weighted by Crippen LogP contribution is -2.35. The van der Waals surface area contributed by atoms with Gasteiger partial charge in [-0.15, -0.1) is 0 Å². The average molecular weight is 234 g/mol. The van der Waals surface area contributed by atoms with Crippen LogP contribution in [-0.4, -0.2) is 30.6 Å². The van der Waals surface area contributed by atoms with E-state index in [4.69, 9.17) is 5.11 Å². The smallest absolute Gasteiger partial charge is 0.303 e. The molecular formula is C12H14N2O3. The molecule has 0 aliphatic carbocycles. The highest BCUT2D eigenvalue weighted by Gasteiger charge is 2.18. The molecule has 0 atom stereocenters. The van der Waals surface area contributed by atoms with E-state index in [1.807, 2.05) is 30.1 Å². The van der Waals surface area contributed by atoms with Crippen LogP contribution in [0.4, 0.5) is 11.4 Å². The van der Waals surface area contributed by atoms with Gasteiger partial charge in [-0.2, -0.15) is 0 Å². The molecule has 1 aromatic carbocycles. The molecule has 0 spiro atoms. The normalized spacial score (nSPS) is 14.2. The van der Waals surface area contributed by atoms with Gasteiger partial charge in [0.1, 0.15) is 0 Å². The molecule has 2 rings (SSSR count). The van der Waals surface area contributed by atoms with E-state index in [1.54, 1.807) is 0 Å². The molecule has 5 nitrogen and oxygen atoms in total. The molecule has 0 radical (unpaired) electrons. The summed E-state index contributed by atoms with van der Waals surface area (Å²) in [5.41, 5.74) is 2.68. The Kier molecular flexibility index (Phi) is 2.99. The van der Waals surface area contributed by atoms with Gasteiger partial charge in [0.15, 0.2) is 0 Å². The monoisotopic (exact) mass is 234 g/mol. The summed E-state index contributed by atoms with van der Waals surface area (Å²) in [5.74, 6) is -0.831. The molecule has 0 bridgehead atoms. The summed E-state index contributed by atoms with van der Waals surface area (Å²) in [7, 11) is 1.85. The molecule has 0 unspecified atom stereocenters. The Morgan fingerprint density at radius 3 is 3.00 bits per heavy atom. The van der Waals surface area contributed by atoms with E-state index in [0.29, 0.717) is 13.0 Å². The van der Waals surface area contributed by atoms with E-state index in [-0.39, 0.29) is 12.3 Å². The molecular weight excluding hydrogens is 220 g/mol. The summed E-state index contributed by atoms with van der Waals surface area (Å²) in [6.07, 6.45) is 0.624. The van der Waals surface area contributed by atoms with E-state index < -0.39 is 5.97 Å². The van der Waals surface area contributed by atoms with Crippen LogP contribution in [-0.2, 0) is 16.0 Å². The van der Waals surface area contributed by atoms with Crippen molar-refractivity contribution in [1.29, 1.82) is 0 Å². The van der Waals surface area contributed by atoms with Crippen molar-refractivity contribution in [3.8, 4) is 0 Å². The molecule has 1 aliphatic heterocycles. The number of benzene rings is 1. The number of aliphatic carboxylic acids is 1. The minimum Gasteiger partial charge on any atom is -0.481 e. The second-order valence-corrected chi connectivity index (χ2v) is 4.15. The number of carboxylic acid groups (broad SMARTS) is 1. The number of carbonyl (C=O) groups excluding carboxylic acids is 1. The zero-order chi connectivity index (χ0) is 12.4. The number of amides is 1. The quantitative estimate of drug-likeness (QED) is 0.821. The lowest BCUT2D eigenvalue weighted by Gasteiger charge is -2.27. The summed E-state index contributed by atoms with van der Waals surface area (Å²) in [5, 5.41) is 11.4. The van der Waals surface area contributed by atoms with E-state index in [2.05, 4.69) is 5.32 Å². The number of fused-ring (bicyclic) bond motifs is 1. The Bertz CT molecular complexity index is 471. The van der Waals surface area contributed by atoms with E-state index in [0.717, 1.165) is 16.9 Å². The number of carboxylic acids is 1. The summed E-state index contributed by atoms with van der Waals surface area (Å²) in [4.78, 5) is 23.7. The summed E-state index contributed by atoms with van der Waals surface area (Å²) >= 11 is 0. The van der Waals surface area contributed by atoms with Crippen molar-refractivity contribution in [3.63, 3.8) is 0 Å². The van der Waals surface area contributed by atoms with Crippen LogP contribution in [0.3, 0.4) is 0 Å². The number of hydrogen-bond donors (Lipinski definition) is 2. The number of aryl methyl sites for hydroxylation is 1. The Labute approximate surface area is 99.0 Å². The Morgan fingerprint density at radius 1 is 1.53 bits per heavy atom. The van der Waals surface area contributed by atoms with Crippen molar-refractivity contribution < 1.29 is 14.7 Å². The van der Waals surface area contributed by atoms with Crippen LogP contribution < -0.4 is 10.2 Å². The van der Waals surface area contributed by atoms with Gasteiger partial charge in [0, 0.05) is 13.5 Å². The fourth-order valence-electron chi connectivity index (χ4n) is 1.90. The predicted molar refractivity (Wildman–Crippen MR) is 64.3 cm³/mol. The van der Waals surface area contributed by atoms with Gasteiger partial charge in [0.25, 0.3) is 0 Å². The van der Waals surface area contributed by atoms with Crippen molar-refractivity contribution in [2.24, 2.45) is 0 Å². The van der Waals surface area contributed by atoms with Gasteiger partial charge in [-0.05, 0) is 24.1 Å². The Hall–Kier alpha value is -2.04. The highest BCUT2D eigenvalue weighted by molar-refractivity contribution is 6.01. The fraction of sp³-hybridized carbons (Fsp3) is 0.333. The maximum absolute atomic E-state index is 11.3. The number of carbonyl (C=O) groups is 2. The number of anilines is 2. The van der Waals surface area contributed by atoms with Crippen LogP contribution in [0, 0.1) is 0 Å². The molecule has 0 saturated heterocycles. The SMILES string of the molecule is CN1CC(=O)Nc2ccc(CCC(=O)O)cc21. The van der Waals surface area contributed by atoms with Gasteiger partial charge in [-0.3, -0.25) is 9.59 Å². The van der Waals surface area contributed by atoms with Gasteiger partial charge >= 0.3 is 5.97 Å². The molecule has 0 saturated carbocycles. The number of likely N-dealkylation sites (N-methyl/N-ethyl adjacent to an activating group) is 1. The zero-order valence-electron chi connectivity index (χ0n) is 9.56. The number of nitrogens with zero attached hydrogens (tertiary/aromatic N) is 1. The summed E-state index contributed by atoms with van der Waals surface area (Å²) in [6, 6.07) is 5.60. The van der Waals surface area contributed by atoms with Crippen LogP contribution >= 0.6 is 0 Å². The maximum Gasteiger partial charge on any atom is 0.303 e. The molecule has 1 aromatic rings. The zero-order valence-corrected chi connectivity index (χ0v) is 9.56. The second kappa shape index (κ2) is 4.45. The van der Waals surface area contributed by atoms with Gasteiger partial charge in [0.2, 0.25) is 5.91 Å². The molecule has 17 heavy (non-hydrogen) atoms. The third-order valence-electron chi connectivity index (χ3n) is 2.76. The lowest BCUT2D eigenvalue weighted by atomic mass is 10.1. The van der Waals surface area contributed by atoms with Gasteiger partial charge in [-0.1, -0.05) is 6.07 Å². The first-order valence-electron chi connectivity index (χ1n) is 5.42. The van der Waals surface area contributed by atoms with Crippen LogP contribution in [0.15, 0.2) is 18.2 Å². The minimum absolute atomic E-state index is 0.0294. The maximum atomic E-state index is 11.3. The Morgan fingerprint density at radius 2 is 2.29 bits per heavy atom. The molecule has 5 heteroatoms.